The molecule has 0 aliphatic heterocycles. The first kappa shape index (κ1) is 32.8. The lowest BCUT2D eigenvalue weighted by Crippen LogP contribution is -2.25. The van der Waals surface area contributed by atoms with Crippen LogP contribution in [0.5, 0.6) is 0 Å². The molecule has 0 nitrogen and oxygen atoms in total. The second kappa shape index (κ2) is 13.9. The summed E-state index contributed by atoms with van der Waals surface area (Å²) < 4.78 is 0. The molecule has 4 aromatic carbocycles. The number of hydrogen-bond donors (Lipinski definition) is 0. The van der Waals surface area contributed by atoms with Crippen LogP contribution in [0.25, 0.3) is 33.4 Å². The fraction of sp³-hybridized carbons (Fsp3) is 0.478. The molecule has 0 amide bonds. The van der Waals surface area contributed by atoms with Gasteiger partial charge in [-0.2, -0.15) is 0 Å². The molecule has 0 radical (unpaired) electrons. The van der Waals surface area contributed by atoms with E-state index in [0.717, 1.165) is 0 Å². The van der Waals surface area contributed by atoms with Gasteiger partial charge in [-0.15, -0.1) is 0 Å². The molecule has 0 atom stereocenters. The van der Waals surface area contributed by atoms with Crippen molar-refractivity contribution in [2.24, 2.45) is 0 Å². The van der Waals surface area contributed by atoms with Gasteiger partial charge in [0.1, 0.15) is 0 Å². The molecule has 46 heavy (non-hydrogen) atoms. The van der Waals surface area contributed by atoms with Crippen LogP contribution in [0.3, 0.4) is 0 Å². The molecule has 6 rings (SSSR count). The molecule has 0 aromatic heterocycles. The fourth-order valence-electron chi connectivity index (χ4n) is 8.90. The molecule has 0 unspecified atom stereocenters. The van der Waals surface area contributed by atoms with Gasteiger partial charge >= 0.3 is 0 Å². The third-order valence-corrected chi connectivity index (χ3v) is 11.6. The van der Waals surface area contributed by atoms with Gasteiger partial charge in [-0.05, 0) is 94.5 Å². The number of fused-ring (bicyclic) bond motifs is 6. The van der Waals surface area contributed by atoms with Crippen LogP contribution >= 0.6 is 0 Å². The minimum atomic E-state index is 0.0104. The van der Waals surface area contributed by atoms with Gasteiger partial charge in [0.25, 0.3) is 0 Å². The number of unbranched alkanes of at least 4 members (excludes halogenated alkanes) is 10. The Morgan fingerprint density at radius 1 is 0.413 bits per heavy atom. The first-order valence-corrected chi connectivity index (χ1v) is 18.8. The summed E-state index contributed by atoms with van der Waals surface area (Å²) in [6, 6.07) is 29.2. The largest absolute Gasteiger partial charge is 0.0654 e. The summed E-state index contributed by atoms with van der Waals surface area (Å²) in [6.45, 7) is 14.0. The zero-order chi connectivity index (χ0) is 32.3. The van der Waals surface area contributed by atoms with E-state index in [9.17, 15) is 0 Å². The van der Waals surface area contributed by atoms with Crippen LogP contribution in [-0.2, 0) is 10.8 Å². The van der Waals surface area contributed by atoms with Crippen LogP contribution in [0.15, 0.2) is 72.8 Å². The van der Waals surface area contributed by atoms with Crippen LogP contribution < -0.4 is 0 Å². The van der Waals surface area contributed by atoms with Crippen molar-refractivity contribution in [2.45, 2.75) is 142 Å². The molecule has 0 N–H and O–H groups in total. The second-order valence-corrected chi connectivity index (χ2v) is 15.4. The van der Waals surface area contributed by atoms with Gasteiger partial charge in [0.15, 0.2) is 0 Å². The Hall–Kier alpha value is -3.12. The Labute approximate surface area is 281 Å². The predicted molar refractivity (Wildman–Crippen MR) is 201 cm³/mol. The highest BCUT2D eigenvalue weighted by atomic mass is 14.5. The summed E-state index contributed by atoms with van der Waals surface area (Å²) in [6.07, 6.45) is 18.8. The highest BCUT2D eigenvalue weighted by Crippen LogP contribution is 2.56. The van der Waals surface area contributed by atoms with Crippen molar-refractivity contribution in [2.75, 3.05) is 0 Å². The van der Waals surface area contributed by atoms with Gasteiger partial charge in [0.2, 0.25) is 0 Å². The molecule has 0 bridgehead atoms. The lowest BCUT2D eigenvalue weighted by molar-refractivity contribution is 0.398. The van der Waals surface area contributed by atoms with Gasteiger partial charge in [-0.1, -0.05) is 177 Å². The third kappa shape index (κ3) is 6.14. The maximum absolute atomic E-state index is 2.62. The highest BCUT2D eigenvalue weighted by molar-refractivity contribution is 5.87. The topological polar surface area (TPSA) is 0 Å². The third-order valence-electron chi connectivity index (χ3n) is 11.6. The minimum Gasteiger partial charge on any atom is -0.0654 e. The lowest BCUT2D eigenvalue weighted by atomic mass is 9.70. The number of benzene rings is 4. The van der Waals surface area contributed by atoms with Crippen LogP contribution in [-0.4, -0.2) is 0 Å². The first-order chi connectivity index (χ1) is 22.3. The van der Waals surface area contributed by atoms with E-state index in [1.165, 1.54) is 146 Å². The summed E-state index contributed by atoms with van der Waals surface area (Å²) in [5.74, 6) is 0. The van der Waals surface area contributed by atoms with E-state index >= 15 is 0 Å². The standard InChI is InChI=1S/C46H58/c1-7-9-11-13-15-17-27-46(28-18-16-14-12-10-8-2)43-30-34(4)20-24-39(43)40-26-22-36(32-44(40)46)35-21-25-38-37-23-19-33(3)29-41(37)45(5,6)42(38)31-35/h19-26,29-32H,7-18,27-28H2,1-6H3. The molecular weight excluding hydrogens is 553 g/mol. The Kier molecular flexibility index (Phi) is 9.94. The first-order valence-electron chi connectivity index (χ1n) is 18.8. The SMILES string of the molecule is CCCCCCCCC1(CCCCCCCC)c2cc(C)ccc2-c2ccc(-c3ccc4c(c3)C(C)(C)c3cc(C)ccc3-4)cc21. The lowest BCUT2D eigenvalue weighted by Gasteiger charge is -2.33. The summed E-state index contributed by atoms with van der Waals surface area (Å²) in [4.78, 5) is 0. The summed E-state index contributed by atoms with van der Waals surface area (Å²) in [7, 11) is 0. The monoisotopic (exact) mass is 610 g/mol. The molecule has 4 aromatic rings. The van der Waals surface area contributed by atoms with Crippen LogP contribution in [0.4, 0.5) is 0 Å². The van der Waals surface area contributed by atoms with E-state index in [2.05, 4.69) is 114 Å². The average Bonchev–Trinajstić information content (AvgIpc) is 3.44. The maximum Gasteiger partial charge on any atom is 0.0215 e. The van der Waals surface area contributed by atoms with Gasteiger partial charge in [-0.25, -0.2) is 0 Å². The molecule has 242 valence electrons. The average molecular weight is 611 g/mol. The summed E-state index contributed by atoms with van der Waals surface area (Å²) in [5.41, 5.74) is 17.6. The van der Waals surface area contributed by atoms with E-state index in [-0.39, 0.29) is 10.8 Å². The molecule has 0 saturated carbocycles. The summed E-state index contributed by atoms with van der Waals surface area (Å²) >= 11 is 0. The normalized spacial score (nSPS) is 15.0. The van der Waals surface area contributed by atoms with E-state index in [1.54, 1.807) is 11.1 Å². The van der Waals surface area contributed by atoms with Crippen LogP contribution in [0, 0.1) is 13.8 Å². The van der Waals surface area contributed by atoms with Crippen molar-refractivity contribution in [3.05, 3.63) is 106 Å². The Balaban J connectivity index is 1.38. The number of hydrogen-bond acceptors (Lipinski definition) is 0. The van der Waals surface area contributed by atoms with Crippen LogP contribution in [0.1, 0.15) is 151 Å². The van der Waals surface area contributed by atoms with Gasteiger partial charge in [0.05, 0.1) is 0 Å². The molecule has 0 heteroatoms. The van der Waals surface area contributed by atoms with Gasteiger partial charge in [0, 0.05) is 10.8 Å². The minimum absolute atomic E-state index is 0.0104. The zero-order valence-electron chi connectivity index (χ0n) is 29.8. The van der Waals surface area contributed by atoms with Crippen molar-refractivity contribution >= 4 is 0 Å². The predicted octanol–water partition coefficient (Wildman–Crippen LogP) is 14.0. The molecular formula is C46H58. The molecule has 2 aliphatic rings. The molecule has 0 fully saturated rings. The van der Waals surface area contributed by atoms with Crippen molar-refractivity contribution < 1.29 is 0 Å². The molecule has 0 spiro atoms. The van der Waals surface area contributed by atoms with Crippen LogP contribution in [0.2, 0.25) is 0 Å². The van der Waals surface area contributed by atoms with Gasteiger partial charge in [-0.3, -0.25) is 0 Å². The van der Waals surface area contributed by atoms with Crippen molar-refractivity contribution in [3.8, 4) is 33.4 Å². The van der Waals surface area contributed by atoms with E-state index < -0.39 is 0 Å². The van der Waals surface area contributed by atoms with E-state index in [4.69, 9.17) is 0 Å². The molecule has 0 heterocycles. The van der Waals surface area contributed by atoms with E-state index in [0.29, 0.717) is 0 Å². The van der Waals surface area contributed by atoms with Crippen molar-refractivity contribution in [1.82, 2.24) is 0 Å². The Bertz CT molecular complexity index is 1650. The Morgan fingerprint density at radius 2 is 0.783 bits per heavy atom. The number of rotatable bonds is 15. The maximum atomic E-state index is 2.62. The van der Waals surface area contributed by atoms with Crippen molar-refractivity contribution in [1.29, 1.82) is 0 Å². The van der Waals surface area contributed by atoms with E-state index in [1.807, 2.05) is 0 Å². The Morgan fingerprint density at radius 3 is 1.30 bits per heavy atom. The zero-order valence-corrected chi connectivity index (χ0v) is 29.8. The van der Waals surface area contributed by atoms with Gasteiger partial charge < -0.3 is 0 Å². The number of aryl methyl sites for hydroxylation is 2. The fourth-order valence-corrected chi connectivity index (χ4v) is 8.90. The highest BCUT2D eigenvalue weighted by Gasteiger charge is 2.42. The van der Waals surface area contributed by atoms with Crippen molar-refractivity contribution in [3.63, 3.8) is 0 Å². The molecule has 0 saturated heterocycles. The second-order valence-electron chi connectivity index (χ2n) is 15.4. The molecule has 2 aliphatic carbocycles. The quantitative estimate of drug-likeness (QED) is 0.117. The smallest absolute Gasteiger partial charge is 0.0215 e. The summed E-state index contributed by atoms with van der Waals surface area (Å²) in [5, 5.41) is 0.